The summed E-state index contributed by atoms with van der Waals surface area (Å²) in [5.74, 6) is -0.0672. The van der Waals surface area contributed by atoms with Crippen LogP contribution in [0.4, 0.5) is 0 Å². The van der Waals surface area contributed by atoms with E-state index in [0.717, 1.165) is 28.3 Å². The number of carbonyl (C=O) groups excluding carboxylic acids is 1. The van der Waals surface area contributed by atoms with Gasteiger partial charge in [0.05, 0.1) is 17.9 Å². The Morgan fingerprint density at radius 1 is 1.19 bits per heavy atom. The van der Waals surface area contributed by atoms with Crippen LogP contribution < -0.4 is 5.32 Å². The number of carbonyl (C=O) groups is 1. The monoisotopic (exact) mass is 351 g/mol. The number of amides is 1. The summed E-state index contributed by atoms with van der Waals surface area (Å²) in [5.41, 5.74) is 5.90. The van der Waals surface area contributed by atoms with Gasteiger partial charge in [-0.3, -0.25) is 14.6 Å². The van der Waals surface area contributed by atoms with Crippen LogP contribution in [-0.2, 0) is 13.0 Å². The molecule has 0 spiro atoms. The van der Waals surface area contributed by atoms with Gasteiger partial charge < -0.3 is 5.32 Å². The minimum absolute atomic E-state index is 0.0135. The highest BCUT2D eigenvalue weighted by Crippen LogP contribution is 2.10. The molecule has 3 rings (SSSR count). The van der Waals surface area contributed by atoms with Crippen molar-refractivity contribution in [2.24, 2.45) is 0 Å². The SMILES string of the molecule is Cc1cc(C)n(Cc2ccc(C(=O)NC(C)Cc3cc(C)[nH]n3)cc2)n1. The molecule has 0 aliphatic heterocycles. The molecule has 2 aromatic heterocycles. The molecule has 0 bridgehead atoms. The van der Waals surface area contributed by atoms with E-state index in [0.29, 0.717) is 18.5 Å². The summed E-state index contributed by atoms with van der Waals surface area (Å²) in [4.78, 5) is 12.4. The normalized spacial score (nSPS) is 12.2. The average Bonchev–Trinajstić information content (AvgIpc) is 3.12. The summed E-state index contributed by atoms with van der Waals surface area (Å²) in [5, 5.41) is 14.6. The molecule has 1 unspecified atom stereocenters. The molecular weight excluding hydrogens is 326 g/mol. The molecule has 0 aliphatic carbocycles. The van der Waals surface area contributed by atoms with Gasteiger partial charge in [0.25, 0.3) is 5.91 Å². The standard InChI is InChI=1S/C20H25N5O/c1-13(10-19-11-14(2)22-23-19)21-20(26)18-7-5-17(6-8-18)12-25-16(4)9-15(3)24-25/h5-9,11,13H,10,12H2,1-4H3,(H,21,26)(H,22,23). The lowest BCUT2D eigenvalue weighted by Crippen LogP contribution is -2.34. The number of aromatic amines is 1. The molecule has 26 heavy (non-hydrogen) atoms. The van der Waals surface area contributed by atoms with Crippen LogP contribution in [-0.4, -0.2) is 31.9 Å². The van der Waals surface area contributed by atoms with Gasteiger partial charge in [0.2, 0.25) is 0 Å². The summed E-state index contributed by atoms with van der Waals surface area (Å²) in [6.07, 6.45) is 0.700. The second-order valence-electron chi connectivity index (χ2n) is 6.90. The van der Waals surface area contributed by atoms with Crippen molar-refractivity contribution in [3.05, 3.63) is 70.3 Å². The van der Waals surface area contributed by atoms with Gasteiger partial charge >= 0.3 is 0 Å². The Labute approximate surface area is 153 Å². The number of nitrogens with one attached hydrogen (secondary N) is 2. The van der Waals surface area contributed by atoms with Gasteiger partial charge in [-0.2, -0.15) is 10.2 Å². The third kappa shape index (κ3) is 4.39. The van der Waals surface area contributed by atoms with E-state index in [-0.39, 0.29) is 11.9 Å². The highest BCUT2D eigenvalue weighted by Gasteiger charge is 2.12. The van der Waals surface area contributed by atoms with Gasteiger partial charge in [0, 0.05) is 29.4 Å². The minimum Gasteiger partial charge on any atom is -0.349 e. The maximum atomic E-state index is 12.4. The lowest BCUT2D eigenvalue weighted by atomic mass is 10.1. The third-order valence-electron chi connectivity index (χ3n) is 4.30. The molecule has 2 N–H and O–H groups in total. The highest BCUT2D eigenvalue weighted by atomic mass is 16.1. The van der Waals surface area contributed by atoms with Gasteiger partial charge in [-0.15, -0.1) is 0 Å². The van der Waals surface area contributed by atoms with E-state index in [4.69, 9.17) is 0 Å². The number of benzene rings is 1. The summed E-state index contributed by atoms with van der Waals surface area (Å²) in [6.45, 7) is 8.69. The lowest BCUT2D eigenvalue weighted by Gasteiger charge is -2.13. The first kappa shape index (κ1) is 17.9. The second-order valence-corrected chi connectivity index (χ2v) is 6.90. The summed E-state index contributed by atoms with van der Waals surface area (Å²) < 4.78 is 1.97. The van der Waals surface area contributed by atoms with Crippen molar-refractivity contribution in [3.8, 4) is 0 Å². The Morgan fingerprint density at radius 2 is 1.92 bits per heavy atom. The first-order valence-corrected chi connectivity index (χ1v) is 8.82. The van der Waals surface area contributed by atoms with Crippen LogP contribution in [0.3, 0.4) is 0 Å². The molecule has 2 heterocycles. The van der Waals surface area contributed by atoms with Gasteiger partial charge in [0.15, 0.2) is 0 Å². The largest absolute Gasteiger partial charge is 0.349 e. The van der Waals surface area contributed by atoms with Crippen molar-refractivity contribution < 1.29 is 4.79 Å². The van der Waals surface area contributed by atoms with E-state index in [1.807, 2.05) is 62.7 Å². The number of hydrogen-bond acceptors (Lipinski definition) is 3. The zero-order valence-electron chi connectivity index (χ0n) is 15.7. The van der Waals surface area contributed by atoms with Crippen molar-refractivity contribution >= 4 is 5.91 Å². The Morgan fingerprint density at radius 3 is 2.50 bits per heavy atom. The minimum atomic E-state index is -0.0672. The fourth-order valence-corrected chi connectivity index (χ4v) is 3.02. The summed E-state index contributed by atoms with van der Waals surface area (Å²) in [7, 11) is 0. The molecule has 6 heteroatoms. The first-order valence-electron chi connectivity index (χ1n) is 8.82. The van der Waals surface area contributed by atoms with Crippen LogP contribution in [0.2, 0.25) is 0 Å². The third-order valence-corrected chi connectivity index (χ3v) is 4.30. The Balaban J connectivity index is 1.58. The van der Waals surface area contributed by atoms with Crippen LogP contribution >= 0.6 is 0 Å². The molecule has 0 radical (unpaired) electrons. The van der Waals surface area contributed by atoms with Crippen molar-refractivity contribution in [2.75, 3.05) is 0 Å². The molecule has 136 valence electrons. The molecular formula is C20H25N5O. The average molecular weight is 351 g/mol. The summed E-state index contributed by atoms with van der Waals surface area (Å²) >= 11 is 0. The Hall–Kier alpha value is -2.89. The highest BCUT2D eigenvalue weighted by molar-refractivity contribution is 5.94. The van der Waals surface area contributed by atoms with Gasteiger partial charge in [-0.1, -0.05) is 12.1 Å². The smallest absolute Gasteiger partial charge is 0.251 e. The molecule has 0 aliphatic rings. The van der Waals surface area contributed by atoms with E-state index in [1.165, 1.54) is 0 Å². The van der Waals surface area contributed by atoms with Crippen LogP contribution in [0.15, 0.2) is 36.4 Å². The van der Waals surface area contributed by atoms with E-state index in [9.17, 15) is 4.79 Å². The molecule has 0 saturated heterocycles. The number of nitrogens with zero attached hydrogens (tertiary/aromatic N) is 3. The molecule has 1 amide bonds. The van der Waals surface area contributed by atoms with Crippen LogP contribution in [0.25, 0.3) is 0 Å². The van der Waals surface area contributed by atoms with Crippen LogP contribution in [0.1, 0.15) is 45.6 Å². The number of hydrogen-bond donors (Lipinski definition) is 2. The van der Waals surface area contributed by atoms with Crippen LogP contribution in [0, 0.1) is 20.8 Å². The van der Waals surface area contributed by atoms with Crippen LogP contribution in [0.5, 0.6) is 0 Å². The van der Waals surface area contributed by atoms with Crippen molar-refractivity contribution in [1.82, 2.24) is 25.3 Å². The van der Waals surface area contributed by atoms with E-state index >= 15 is 0 Å². The van der Waals surface area contributed by atoms with Gasteiger partial charge in [-0.05, 0) is 57.5 Å². The fraction of sp³-hybridized carbons (Fsp3) is 0.350. The molecule has 6 nitrogen and oxygen atoms in total. The first-order chi connectivity index (χ1) is 12.4. The second kappa shape index (κ2) is 7.56. The van der Waals surface area contributed by atoms with E-state index < -0.39 is 0 Å². The number of rotatable bonds is 6. The number of aromatic nitrogens is 4. The van der Waals surface area contributed by atoms with Gasteiger partial charge in [-0.25, -0.2) is 0 Å². The molecule has 1 aromatic carbocycles. The predicted octanol–water partition coefficient (Wildman–Crippen LogP) is 2.94. The topological polar surface area (TPSA) is 75.6 Å². The number of H-pyrrole nitrogens is 1. The van der Waals surface area contributed by atoms with Crippen molar-refractivity contribution in [3.63, 3.8) is 0 Å². The molecule has 0 saturated carbocycles. The Bertz CT molecular complexity index is 891. The molecule has 1 atom stereocenters. The maximum absolute atomic E-state index is 12.4. The quantitative estimate of drug-likeness (QED) is 0.717. The fourth-order valence-electron chi connectivity index (χ4n) is 3.02. The van der Waals surface area contributed by atoms with Gasteiger partial charge in [0.1, 0.15) is 0 Å². The maximum Gasteiger partial charge on any atom is 0.251 e. The Kier molecular flexibility index (Phi) is 5.21. The zero-order chi connectivity index (χ0) is 18.7. The van der Waals surface area contributed by atoms with Crippen molar-refractivity contribution in [1.29, 1.82) is 0 Å². The van der Waals surface area contributed by atoms with Crippen molar-refractivity contribution in [2.45, 2.75) is 46.7 Å². The lowest BCUT2D eigenvalue weighted by molar-refractivity contribution is 0.0940. The molecule has 0 fully saturated rings. The number of aryl methyl sites for hydroxylation is 3. The van der Waals surface area contributed by atoms with E-state index in [1.54, 1.807) is 0 Å². The summed E-state index contributed by atoms with van der Waals surface area (Å²) in [6, 6.07) is 11.8. The zero-order valence-corrected chi connectivity index (χ0v) is 15.7. The predicted molar refractivity (Wildman–Crippen MR) is 101 cm³/mol. The molecule has 3 aromatic rings. The van der Waals surface area contributed by atoms with E-state index in [2.05, 4.69) is 26.7 Å².